The summed E-state index contributed by atoms with van der Waals surface area (Å²) < 4.78 is 0. The maximum atomic E-state index is 4.69. The van der Waals surface area contributed by atoms with Gasteiger partial charge in [0.1, 0.15) is 16.5 Å². The molecule has 3 heterocycles. The van der Waals surface area contributed by atoms with Crippen molar-refractivity contribution >= 4 is 38.7 Å². The standard InChI is InChI=1S/C16H17N3S2/c1-9(12-7-4-8-20-12)17-15-14-11-5-3-6-13(11)21-16(14)19-10(2)18-15/h4,7-9H,3,5-6H2,1-2H3,(H,17,18,19)/t9-/m1/s1. The van der Waals surface area contributed by atoms with Gasteiger partial charge in [-0.25, -0.2) is 9.97 Å². The molecule has 0 aliphatic heterocycles. The predicted octanol–water partition coefficient (Wildman–Crippen LogP) is 4.72. The molecule has 0 bridgehead atoms. The molecule has 0 saturated carbocycles. The zero-order valence-corrected chi connectivity index (χ0v) is 13.8. The largest absolute Gasteiger partial charge is 0.362 e. The Morgan fingerprint density at radius 1 is 1.29 bits per heavy atom. The van der Waals surface area contributed by atoms with Crippen molar-refractivity contribution in [2.24, 2.45) is 0 Å². The zero-order chi connectivity index (χ0) is 14.4. The first-order chi connectivity index (χ1) is 10.2. The summed E-state index contributed by atoms with van der Waals surface area (Å²) in [5, 5.41) is 7.00. The highest BCUT2D eigenvalue weighted by molar-refractivity contribution is 7.19. The van der Waals surface area contributed by atoms with Crippen LogP contribution in [0.15, 0.2) is 17.5 Å². The third-order valence-electron chi connectivity index (χ3n) is 4.00. The summed E-state index contributed by atoms with van der Waals surface area (Å²) in [5.74, 6) is 1.86. The number of rotatable bonds is 3. The van der Waals surface area contributed by atoms with Crippen molar-refractivity contribution in [1.82, 2.24) is 9.97 Å². The van der Waals surface area contributed by atoms with Crippen LogP contribution in [0.1, 0.15) is 40.5 Å². The van der Waals surface area contributed by atoms with E-state index in [1.807, 2.05) is 18.3 Å². The van der Waals surface area contributed by atoms with E-state index in [1.165, 1.54) is 40.0 Å². The van der Waals surface area contributed by atoms with Crippen molar-refractivity contribution in [3.63, 3.8) is 0 Å². The Balaban J connectivity index is 1.80. The third kappa shape index (κ3) is 2.24. The van der Waals surface area contributed by atoms with Crippen molar-refractivity contribution in [3.05, 3.63) is 38.7 Å². The monoisotopic (exact) mass is 315 g/mol. The summed E-state index contributed by atoms with van der Waals surface area (Å²) in [6.07, 6.45) is 3.64. The first-order valence-electron chi connectivity index (χ1n) is 7.31. The number of hydrogen-bond donors (Lipinski definition) is 1. The lowest BCUT2D eigenvalue weighted by atomic mass is 10.1. The van der Waals surface area contributed by atoms with Gasteiger partial charge in [0.05, 0.1) is 11.4 Å². The fourth-order valence-electron chi connectivity index (χ4n) is 3.02. The van der Waals surface area contributed by atoms with Gasteiger partial charge < -0.3 is 5.32 Å². The van der Waals surface area contributed by atoms with Gasteiger partial charge in [0.2, 0.25) is 0 Å². The summed E-state index contributed by atoms with van der Waals surface area (Å²) in [6, 6.07) is 4.55. The van der Waals surface area contributed by atoms with Crippen LogP contribution in [0.2, 0.25) is 0 Å². The fraction of sp³-hybridized carbons (Fsp3) is 0.375. The van der Waals surface area contributed by atoms with E-state index in [0.717, 1.165) is 16.5 Å². The van der Waals surface area contributed by atoms with E-state index in [0.29, 0.717) is 0 Å². The first kappa shape index (κ1) is 13.2. The summed E-state index contributed by atoms with van der Waals surface area (Å²) in [4.78, 5) is 13.3. The Labute approximate surface area is 132 Å². The lowest BCUT2D eigenvalue weighted by Crippen LogP contribution is -2.08. The summed E-state index contributed by atoms with van der Waals surface area (Å²) in [5.41, 5.74) is 1.48. The van der Waals surface area contributed by atoms with E-state index < -0.39 is 0 Å². The summed E-state index contributed by atoms with van der Waals surface area (Å²) >= 11 is 3.63. The number of anilines is 1. The van der Waals surface area contributed by atoms with Gasteiger partial charge in [0, 0.05) is 9.75 Å². The van der Waals surface area contributed by atoms with E-state index >= 15 is 0 Å². The Morgan fingerprint density at radius 2 is 2.19 bits per heavy atom. The maximum Gasteiger partial charge on any atom is 0.139 e. The van der Waals surface area contributed by atoms with Crippen LogP contribution in [0, 0.1) is 6.92 Å². The van der Waals surface area contributed by atoms with Crippen molar-refractivity contribution in [2.45, 2.75) is 39.2 Å². The Hall–Kier alpha value is -1.46. The number of aromatic nitrogens is 2. The SMILES string of the molecule is Cc1nc(N[C@H](C)c2cccs2)c2c3c(sc2n1)CCC3. The van der Waals surface area contributed by atoms with Gasteiger partial charge in [-0.2, -0.15) is 0 Å². The van der Waals surface area contributed by atoms with E-state index in [1.54, 1.807) is 11.3 Å². The molecule has 3 nitrogen and oxygen atoms in total. The van der Waals surface area contributed by atoms with E-state index in [9.17, 15) is 0 Å². The molecule has 0 radical (unpaired) electrons. The maximum absolute atomic E-state index is 4.69. The number of nitrogens with one attached hydrogen (secondary N) is 1. The molecular weight excluding hydrogens is 298 g/mol. The average Bonchev–Trinajstić information content (AvgIpc) is 3.14. The van der Waals surface area contributed by atoms with E-state index in [-0.39, 0.29) is 6.04 Å². The second-order valence-electron chi connectivity index (χ2n) is 5.54. The molecule has 5 heteroatoms. The second kappa shape index (κ2) is 5.07. The average molecular weight is 315 g/mol. The van der Waals surface area contributed by atoms with Crippen LogP contribution in [0.4, 0.5) is 5.82 Å². The molecular formula is C16H17N3S2. The molecule has 0 aromatic carbocycles. The highest BCUT2D eigenvalue weighted by Crippen LogP contribution is 2.40. The lowest BCUT2D eigenvalue weighted by Gasteiger charge is -2.14. The molecule has 1 N–H and O–H groups in total. The van der Waals surface area contributed by atoms with Crippen molar-refractivity contribution in [3.8, 4) is 0 Å². The molecule has 0 fully saturated rings. The molecule has 108 valence electrons. The summed E-state index contributed by atoms with van der Waals surface area (Å²) in [7, 11) is 0. The van der Waals surface area contributed by atoms with Gasteiger partial charge in [0.25, 0.3) is 0 Å². The van der Waals surface area contributed by atoms with Crippen molar-refractivity contribution < 1.29 is 0 Å². The fourth-order valence-corrected chi connectivity index (χ4v) is 5.06. The van der Waals surface area contributed by atoms with Crippen LogP contribution in [0.3, 0.4) is 0 Å². The topological polar surface area (TPSA) is 37.8 Å². The van der Waals surface area contributed by atoms with Gasteiger partial charge in [-0.15, -0.1) is 22.7 Å². The number of fused-ring (bicyclic) bond motifs is 3. The molecule has 0 spiro atoms. The van der Waals surface area contributed by atoms with Gasteiger partial charge in [-0.3, -0.25) is 0 Å². The molecule has 21 heavy (non-hydrogen) atoms. The van der Waals surface area contributed by atoms with Gasteiger partial charge in [-0.05, 0) is 50.1 Å². The number of nitrogens with zero attached hydrogens (tertiary/aromatic N) is 2. The van der Waals surface area contributed by atoms with Crippen LogP contribution in [0.5, 0.6) is 0 Å². The van der Waals surface area contributed by atoms with Gasteiger partial charge >= 0.3 is 0 Å². The molecule has 3 aromatic heterocycles. The molecule has 4 rings (SSSR count). The highest BCUT2D eigenvalue weighted by Gasteiger charge is 2.22. The minimum atomic E-state index is 0.277. The number of aryl methyl sites for hydroxylation is 3. The Morgan fingerprint density at radius 3 is 3.00 bits per heavy atom. The summed E-state index contributed by atoms with van der Waals surface area (Å²) in [6.45, 7) is 4.17. The second-order valence-corrected chi connectivity index (χ2v) is 7.60. The molecule has 1 aliphatic carbocycles. The van der Waals surface area contributed by atoms with E-state index in [2.05, 4.69) is 39.7 Å². The van der Waals surface area contributed by atoms with Crippen LogP contribution in [-0.2, 0) is 12.8 Å². The normalized spacial score (nSPS) is 15.3. The third-order valence-corrected chi connectivity index (χ3v) is 6.24. The smallest absolute Gasteiger partial charge is 0.139 e. The zero-order valence-electron chi connectivity index (χ0n) is 12.1. The molecule has 1 aliphatic rings. The van der Waals surface area contributed by atoms with Crippen LogP contribution in [-0.4, -0.2) is 9.97 Å². The van der Waals surface area contributed by atoms with Crippen LogP contribution >= 0.6 is 22.7 Å². The molecule has 0 saturated heterocycles. The van der Waals surface area contributed by atoms with Gasteiger partial charge in [-0.1, -0.05) is 6.07 Å². The van der Waals surface area contributed by atoms with E-state index in [4.69, 9.17) is 0 Å². The first-order valence-corrected chi connectivity index (χ1v) is 9.01. The minimum absolute atomic E-state index is 0.277. The predicted molar refractivity (Wildman–Crippen MR) is 90.5 cm³/mol. The lowest BCUT2D eigenvalue weighted by molar-refractivity contribution is 0.891. The highest BCUT2D eigenvalue weighted by atomic mass is 32.1. The molecule has 0 amide bonds. The number of thiophene rings is 2. The van der Waals surface area contributed by atoms with Crippen molar-refractivity contribution in [1.29, 1.82) is 0 Å². The molecule has 3 aromatic rings. The Kier molecular flexibility index (Phi) is 3.19. The minimum Gasteiger partial charge on any atom is -0.362 e. The molecule has 1 atom stereocenters. The number of hydrogen-bond acceptors (Lipinski definition) is 5. The Bertz CT molecular complexity index is 790. The van der Waals surface area contributed by atoms with Gasteiger partial charge in [0.15, 0.2) is 0 Å². The van der Waals surface area contributed by atoms with Crippen molar-refractivity contribution in [2.75, 3.05) is 5.32 Å². The molecule has 0 unspecified atom stereocenters. The van der Waals surface area contributed by atoms with Crippen LogP contribution in [0.25, 0.3) is 10.2 Å². The quantitative estimate of drug-likeness (QED) is 0.759. The van der Waals surface area contributed by atoms with Crippen LogP contribution < -0.4 is 5.32 Å².